The molecular formula is C16H26N2O2. The lowest BCUT2D eigenvalue weighted by atomic mass is 10.0. The number of β-amino-alcohol motifs (C(OH)–C–C–N with tert-alkyl or cyclic N) is 1. The Bertz CT molecular complexity index is 385. The lowest BCUT2D eigenvalue weighted by Crippen LogP contribution is -2.48. The summed E-state index contributed by atoms with van der Waals surface area (Å²) in [5.74, 6) is 0. The highest BCUT2D eigenvalue weighted by Crippen LogP contribution is 2.14. The summed E-state index contributed by atoms with van der Waals surface area (Å²) in [4.78, 5) is 2.26. The van der Waals surface area contributed by atoms with Crippen LogP contribution in [0.3, 0.4) is 0 Å². The van der Waals surface area contributed by atoms with Gasteiger partial charge in [-0.05, 0) is 31.4 Å². The summed E-state index contributed by atoms with van der Waals surface area (Å²) in [5.41, 5.74) is 7.30. The van der Waals surface area contributed by atoms with Gasteiger partial charge in [-0.25, -0.2) is 0 Å². The Morgan fingerprint density at radius 3 is 2.85 bits per heavy atom. The van der Waals surface area contributed by atoms with Crippen LogP contribution in [0, 0.1) is 0 Å². The van der Waals surface area contributed by atoms with Gasteiger partial charge < -0.3 is 15.6 Å². The summed E-state index contributed by atoms with van der Waals surface area (Å²) in [7, 11) is 1.76. The van der Waals surface area contributed by atoms with Crippen molar-refractivity contribution in [2.45, 2.75) is 37.5 Å². The van der Waals surface area contributed by atoms with Gasteiger partial charge in [-0.2, -0.15) is 0 Å². The summed E-state index contributed by atoms with van der Waals surface area (Å²) in [6.45, 7) is 2.55. The van der Waals surface area contributed by atoms with Crippen LogP contribution in [0.4, 0.5) is 0 Å². The van der Waals surface area contributed by atoms with Crippen molar-refractivity contribution in [3.8, 4) is 0 Å². The molecular weight excluding hydrogens is 252 g/mol. The molecule has 0 bridgehead atoms. The van der Waals surface area contributed by atoms with Gasteiger partial charge in [0.15, 0.2) is 0 Å². The number of rotatable bonds is 6. The highest BCUT2D eigenvalue weighted by atomic mass is 16.5. The molecule has 1 saturated heterocycles. The van der Waals surface area contributed by atoms with Crippen molar-refractivity contribution in [1.29, 1.82) is 0 Å². The zero-order valence-electron chi connectivity index (χ0n) is 12.2. The number of nitrogens with zero attached hydrogens (tertiary/aromatic N) is 1. The van der Waals surface area contributed by atoms with Crippen LogP contribution < -0.4 is 5.73 Å². The largest absolute Gasteiger partial charge is 0.390 e. The Labute approximate surface area is 121 Å². The molecule has 0 amide bonds. The Hall–Kier alpha value is -0.940. The predicted molar refractivity (Wildman–Crippen MR) is 80.6 cm³/mol. The van der Waals surface area contributed by atoms with Crippen LogP contribution in [0.1, 0.15) is 18.4 Å². The maximum absolute atomic E-state index is 10.3. The Morgan fingerprint density at radius 2 is 2.15 bits per heavy atom. The van der Waals surface area contributed by atoms with Crippen molar-refractivity contribution in [2.75, 3.05) is 26.7 Å². The zero-order chi connectivity index (χ0) is 14.4. The van der Waals surface area contributed by atoms with Gasteiger partial charge in [-0.15, -0.1) is 0 Å². The first-order chi connectivity index (χ1) is 9.69. The van der Waals surface area contributed by atoms with Gasteiger partial charge in [0.05, 0.1) is 12.2 Å². The zero-order valence-corrected chi connectivity index (χ0v) is 12.2. The first-order valence-electron chi connectivity index (χ1n) is 7.41. The Balaban J connectivity index is 1.80. The van der Waals surface area contributed by atoms with Gasteiger partial charge in [-0.3, -0.25) is 4.90 Å². The second-order valence-electron chi connectivity index (χ2n) is 5.68. The lowest BCUT2D eigenvalue weighted by Gasteiger charge is -2.34. The van der Waals surface area contributed by atoms with Crippen LogP contribution >= 0.6 is 0 Å². The van der Waals surface area contributed by atoms with Gasteiger partial charge >= 0.3 is 0 Å². The fourth-order valence-corrected chi connectivity index (χ4v) is 2.79. The van der Waals surface area contributed by atoms with E-state index in [1.54, 1.807) is 7.11 Å². The van der Waals surface area contributed by atoms with Crippen LogP contribution in [0.25, 0.3) is 0 Å². The van der Waals surface area contributed by atoms with E-state index in [1.807, 2.05) is 18.2 Å². The standard InChI is InChI=1S/C16H26N2O2/c1-20-14-8-5-9-18(11-14)12-16(19)15(17)10-13-6-3-2-4-7-13/h2-4,6-7,14-16,19H,5,8-12,17H2,1H3. The number of aliphatic hydroxyl groups is 1. The quantitative estimate of drug-likeness (QED) is 0.816. The molecule has 0 radical (unpaired) electrons. The monoisotopic (exact) mass is 278 g/mol. The summed E-state index contributed by atoms with van der Waals surface area (Å²) in [5, 5.41) is 10.3. The average molecular weight is 278 g/mol. The summed E-state index contributed by atoms with van der Waals surface area (Å²) in [6.07, 6.45) is 2.74. The van der Waals surface area contributed by atoms with E-state index in [-0.39, 0.29) is 6.04 Å². The van der Waals surface area contributed by atoms with Gasteiger partial charge in [0.1, 0.15) is 0 Å². The SMILES string of the molecule is COC1CCCN(CC(O)C(N)Cc2ccccc2)C1. The van der Waals surface area contributed by atoms with Crippen molar-refractivity contribution in [1.82, 2.24) is 4.90 Å². The number of aliphatic hydroxyl groups excluding tert-OH is 1. The average Bonchev–Trinajstić information content (AvgIpc) is 2.48. The lowest BCUT2D eigenvalue weighted by molar-refractivity contribution is 0.00877. The number of likely N-dealkylation sites (tertiary alicyclic amines) is 1. The minimum atomic E-state index is -0.495. The molecule has 1 aromatic carbocycles. The molecule has 0 aliphatic carbocycles. The first-order valence-corrected chi connectivity index (χ1v) is 7.41. The number of methoxy groups -OCH3 is 1. The van der Waals surface area contributed by atoms with Gasteiger partial charge in [0.25, 0.3) is 0 Å². The second kappa shape index (κ2) is 7.74. The van der Waals surface area contributed by atoms with Gasteiger partial charge in [0, 0.05) is 26.2 Å². The van der Waals surface area contributed by atoms with Gasteiger partial charge in [-0.1, -0.05) is 30.3 Å². The number of ether oxygens (including phenoxy) is 1. The molecule has 2 rings (SSSR count). The number of piperidine rings is 1. The molecule has 1 heterocycles. The molecule has 3 N–H and O–H groups in total. The highest BCUT2D eigenvalue weighted by molar-refractivity contribution is 5.16. The van der Waals surface area contributed by atoms with Crippen LogP contribution in [-0.2, 0) is 11.2 Å². The van der Waals surface area contributed by atoms with E-state index >= 15 is 0 Å². The molecule has 4 heteroatoms. The minimum absolute atomic E-state index is 0.222. The van der Waals surface area contributed by atoms with E-state index in [0.717, 1.165) is 25.9 Å². The number of benzene rings is 1. The van der Waals surface area contributed by atoms with E-state index < -0.39 is 6.10 Å². The normalized spacial score (nSPS) is 23.4. The van der Waals surface area contributed by atoms with Crippen molar-refractivity contribution < 1.29 is 9.84 Å². The topological polar surface area (TPSA) is 58.7 Å². The molecule has 20 heavy (non-hydrogen) atoms. The Morgan fingerprint density at radius 1 is 1.40 bits per heavy atom. The predicted octanol–water partition coefficient (Wildman–Crippen LogP) is 1.03. The number of hydrogen-bond donors (Lipinski definition) is 2. The smallest absolute Gasteiger partial charge is 0.0820 e. The fourth-order valence-electron chi connectivity index (χ4n) is 2.79. The van der Waals surface area contributed by atoms with Crippen LogP contribution in [0.5, 0.6) is 0 Å². The van der Waals surface area contributed by atoms with E-state index in [0.29, 0.717) is 19.1 Å². The molecule has 0 saturated carbocycles. The fraction of sp³-hybridized carbons (Fsp3) is 0.625. The van der Waals surface area contributed by atoms with Crippen molar-refractivity contribution >= 4 is 0 Å². The molecule has 4 nitrogen and oxygen atoms in total. The summed E-state index contributed by atoms with van der Waals surface area (Å²) >= 11 is 0. The third-order valence-corrected chi connectivity index (χ3v) is 4.05. The molecule has 1 aliphatic heterocycles. The maximum atomic E-state index is 10.3. The van der Waals surface area contributed by atoms with E-state index in [2.05, 4.69) is 17.0 Å². The van der Waals surface area contributed by atoms with Crippen LogP contribution in [-0.4, -0.2) is 55.0 Å². The molecule has 0 spiro atoms. The first kappa shape index (κ1) is 15.4. The number of nitrogens with two attached hydrogens (primary N) is 1. The number of hydrogen-bond acceptors (Lipinski definition) is 4. The highest BCUT2D eigenvalue weighted by Gasteiger charge is 2.24. The van der Waals surface area contributed by atoms with Crippen molar-refractivity contribution in [2.24, 2.45) is 5.73 Å². The third-order valence-electron chi connectivity index (χ3n) is 4.05. The molecule has 1 fully saturated rings. The van der Waals surface area contributed by atoms with Gasteiger partial charge in [0.2, 0.25) is 0 Å². The van der Waals surface area contributed by atoms with Crippen LogP contribution in [0.15, 0.2) is 30.3 Å². The second-order valence-corrected chi connectivity index (χ2v) is 5.68. The Kier molecular flexibility index (Phi) is 5.98. The molecule has 1 aliphatic rings. The molecule has 3 atom stereocenters. The van der Waals surface area contributed by atoms with E-state index in [1.165, 1.54) is 5.56 Å². The van der Waals surface area contributed by atoms with E-state index in [4.69, 9.17) is 10.5 Å². The molecule has 3 unspecified atom stereocenters. The van der Waals surface area contributed by atoms with Crippen molar-refractivity contribution in [3.63, 3.8) is 0 Å². The van der Waals surface area contributed by atoms with Crippen molar-refractivity contribution in [3.05, 3.63) is 35.9 Å². The maximum Gasteiger partial charge on any atom is 0.0820 e. The van der Waals surface area contributed by atoms with Crippen LogP contribution in [0.2, 0.25) is 0 Å². The molecule has 1 aromatic rings. The van der Waals surface area contributed by atoms with E-state index in [9.17, 15) is 5.11 Å². The minimum Gasteiger partial charge on any atom is -0.390 e. The molecule has 0 aromatic heterocycles. The summed E-state index contributed by atoms with van der Waals surface area (Å²) < 4.78 is 5.40. The summed E-state index contributed by atoms with van der Waals surface area (Å²) in [6, 6.07) is 9.87. The third kappa shape index (κ3) is 4.56. The molecule has 112 valence electrons.